The molecule has 0 aliphatic carbocycles. The Balaban J connectivity index is 1.43. The summed E-state index contributed by atoms with van der Waals surface area (Å²) in [6.45, 7) is 3.96. The van der Waals surface area contributed by atoms with Gasteiger partial charge in [0.25, 0.3) is 5.91 Å². The first kappa shape index (κ1) is 28.6. The van der Waals surface area contributed by atoms with Crippen LogP contribution < -0.4 is 30.9 Å². The number of rotatable bonds is 10. The number of aryl methyl sites for hydroxylation is 1. The number of nitrogens with zero attached hydrogens (tertiary/aromatic N) is 6. The molecule has 0 saturated carbocycles. The van der Waals surface area contributed by atoms with E-state index in [0.29, 0.717) is 55.4 Å². The van der Waals surface area contributed by atoms with E-state index in [0.717, 1.165) is 16.7 Å². The Labute approximate surface area is 243 Å². The third kappa shape index (κ3) is 5.36. The van der Waals surface area contributed by atoms with Crippen molar-refractivity contribution in [2.24, 2.45) is 7.05 Å². The number of hydrogen-bond acceptors (Lipinski definition) is 7. The first-order valence-corrected chi connectivity index (χ1v) is 13.8. The van der Waals surface area contributed by atoms with Gasteiger partial charge in [-0.3, -0.25) is 14.6 Å². The summed E-state index contributed by atoms with van der Waals surface area (Å²) in [7, 11) is 4.99. The van der Waals surface area contributed by atoms with Crippen LogP contribution in [0.15, 0.2) is 65.6 Å². The maximum Gasteiger partial charge on any atom is 0.353 e. The molecule has 1 saturated heterocycles. The van der Waals surface area contributed by atoms with Crippen molar-refractivity contribution in [3.05, 3.63) is 82.4 Å². The van der Waals surface area contributed by atoms with Crippen LogP contribution >= 0.6 is 0 Å². The number of urea groups is 1. The van der Waals surface area contributed by atoms with Gasteiger partial charge in [0, 0.05) is 56.7 Å². The number of benzene rings is 2. The van der Waals surface area contributed by atoms with Gasteiger partial charge in [0.05, 0.1) is 5.69 Å². The summed E-state index contributed by atoms with van der Waals surface area (Å²) in [5.74, 6) is 0.401. The molecule has 2 N–H and O–H groups in total. The van der Waals surface area contributed by atoms with Gasteiger partial charge in [-0.1, -0.05) is 25.1 Å². The van der Waals surface area contributed by atoms with Crippen LogP contribution in [0.3, 0.4) is 0 Å². The minimum Gasteiger partial charge on any atom is -0.462 e. The maximum atomic E-state index is 13.6. The molecule has 5 rings (SSSR count). The Hall–Kier alpha value is -4.97. The summed E-state index contributed by atoms with van der Waals surface area (Å²) in [6, 6.07) is 16.6. The van der Waals surface area contributed by atoms with E-state index in [1.54, 1.807) is 48.3 Å². The van der Waals surface area contributed by atoms with Gasteiger partial charge < -0.3 is 15.4 Å². The van der Waals surface area contributed by atoms with Gasteiger partial charge in [0.1, 0.15) is 12.4 Å². The van der Waals surface area contributed by atoms with Crippen LogP contribution in [0.2, 0.25) is 0 Å². The quantitative estimate of drug-likeness (QED) is 0.281. The molecule has 0 atom stereocenters. The molecule has 42 heavy (non-hydrogen) atoms. The number of ether oxygens (including phenoxy) is 1. The Morgan fingerprint density at radius 1 is 1.00 bits per heavy atom. The fourth-order valence-corrected chi connectivity index (χ4v) is 5.06. The second-order valence-electron chi connectivity index (χ2n) is 9.75. The van der Waals surface area contributed by atoms with Crippen molar-refractivity contribution in [3.8, 4) is 22.8 Å². The SMILES string of the molecule is CCc1c(-c2ccc(-n3c(OCCNC)nn(C)c3=O)cc2)ccnc1N1CCN(c2cccc(C(=O)NC)c2)C1=O. The second kappa shape index (κ2) is 12.3. The minimum atomic E-state index is -0.305. The Bertz CT molecular complexity index is 1660. The highest BCUT2D eigenvalue weighted by Gasteiger charge is 2.33. The monoisotopic (exact) mass is 570 g/mol. The molecule has 1 aliphatic rings. The van der Waals surface area contributed by atoms with E-state index in [4.69, 9.17) is 4.74 Å². The largest absolute Gasteiger partial charge is 0.462 e. The summed E-state index contributed by atoms with van der Waals surface area (Å²) < 4.78 is 8.42. The highest BCUT2D eigenvalue weighted by Crippen LogP contribution is 2.33. The van der Waals surface area contributed by atoms with Gasteiger partial charge in [-0.25, -0.2) is 23.8 Å². The first-order chi connectivity index (χ1) is 20.4. The number of pyridine rings is 1. The van der Waals surface area contributed by atoms with Crippen molar-refractivity contribution < 1.29 is 14.3 Å². The van der Waals surface area contributed by atoms with Gasteiger partial charge in [-0.2, -0.15) is 0 Å². The molecule has 12 nitrogen and oxygen atoms in total. The molecule has 0 spiro atoms. The van der Waals surface area contributed by atoms with E-state index in [2.05, 4.69) is 20.7 Å². The maximum absolute atomic E-state index is 13.6. The van der Waals surface area contributed by atoms with Crippen LogP contribution in [0.25, 0.3) is 16.8 Å². The molecular formula is C30H34N8O4. The number of carbonyl (C=O) groups excluding carboxylic acids is 2. The lowest BCUT2D eigenvalue weighted by molar-refractivity contribution is 0.0963. The van der Waals surface area contributed by atoms with E-state index in [1.807, 2.05) is 50.4 Å². The van der Waals surface area contributed by atoms with Crippen molar-refractivity contribution >= 4 is 23.4 Å². The number of carbonyl (C=O) groups is 2. The molecule has 0 unspecified atom stereocenters. The van der Waals surface area contributed by atoms with Crippen LogP contribution in [0.1, 0.15) is 22.8 Å². The van der Waals surface area contributed by atoms with E-state index in [-0.39, 0.29) is 23.6 Å². The smallest absolute Gasteiger partial charge is 0.353 e. The predicted octanol–water partition coefficient (Wildman–Crippen LogP) is 2.60. The van der Waals surface area contributed by atoms with Crippen molar-refractivity contribution in [1.82, 2.24) is 30.0 Å². The lowest BCUT2D eigenvalue weighted by Crippen LogP contribution is -2.33. The molecule has 218 valence electrons. The molecule has 0 bridgehead atoms. The van der Waals surface area contributed by atoms with Crippen LogP contribution in [-0.2, 0) is 13.5 Å². The van der Waals surface area contributed by atoms with E-state index >= 15 is 0 Å². The molecule has 4 aromatic rings. The topological polar surface area (TPSA) is 127 Å². The highest BCUT2D eigenvalue weighted by molar-refractivity contribution is 6.07. The molecular weight excluding hydrogens is 536 g/mol. The summed E-state index contributed by atoms with van der Waals surface area (Å²) in [4.78, 5) is 46.5. The summed E-state index contributed by atoms with van der Waals surface area (Å²) >= 11 is 0. The number of anilines is 2. The average Bonchev–Trinajstić information content (AvgIpc) is 3.54. The van der Waals surface area contributed by atoms with Crippen LogP contribution in [0.5, 0.6) is 6.01 Å². The fourth-order valence-electron chi connectivity index (χ4n) is 5.06. The number of hydrogen-bond donors (Lipinski definition) is 2. The van der Waals surface area contributed by atoms with Crippen molar-refractivity contribution in [2.45, 2.75) is 13.3 Å². The van der Waals surface area contributed by atoms with Crippen LogP contribution in [0, 0.1) is 0 Å². The number of aromatic nitrogens is 4. The summed E-state index contributed by atoms with van der Waals surface area (Å²) in [5.41, 5.74) is 4.29. The summed E-state index contributed by atoms with van der Waals surface area (Å²) in [5, 5.41) is 9.85. The molecule has 3 amide bonds. The van der Waals surface area contributed by atoms with Gasteiger partial charge in [-0.05, 0) is 61.0 Å². The zero-order chi connectivity index (χ0) is 29.8. The first-order valence-electron chi connectivity index (χ1n) is 13.8. The predicted molar refractivity (Wildman–Crippen MR) is 161 cm³/mol. The van der Waals surface area contributed by atoms with Crippen molar-refractivity contribution in [1.29, 1.82) is 0 Å². The molecule has 2 aromatic carbocycles. The molecule has 2 aromatic heterocycles. The van der Waals surface area contributed by atoms with E-state index < -0.39 is 0 Å². The van der Waals surface area contributed by atoms with Gasteiger partial charge in [0.15, 0.2) is 0 Å². The van der Waals surface area contributed by atoms with Gasteiger partial charge in [-0.15, -0.1) is 5.10 Å². The molecule has 12 heteroatoms. The van der Waals surface area contributed by atoms with Crippen molar-refractivity contribution in [3.63, 3.8) is 0 Å². The molecule has 1 aliphatic heterocycles. The minimum absolute atomic E-state index is 0.194. The van der Waals surface area contributed by atoms with Gasteiger partial charge in [0.2, 0.25) is 0 Å². The zero-order valence-corrected chi connectivity index (χ0v) is 24.1. The van der Waals surface area contributed by atoms with E-state index in [1.165, 1.54) is 9.25 Å². The standard InChI is InChI=1S/C30H34N8O4/c1-5-24-25(20-9-11-22(12-10-20)38-28(42-18-15-31-2)34-35(4)29(38)40)13-14-33-26(24)37-17-16-36(30(37)41)23-8-6-7-21(19-23)27(39)32-3/h6-14,19,31H,5,15-18H2,1-4H3,(H,32,39). The normalized spacial score (nSPS) is 13.1. The third-order valence-corrected chi connectivity index (χ3v) is 7.21. The molecule has 1 fully saturated rings. The van der Waals surface area contributed by atoms with E-state index in [9.17, 15) is 14.4 Å². The molecule has 0 radical (unpaired) electrons. The highest BCUT2D eigenvalue weighted by atomic mass is 16.5. The van der Waals surface area contributed by atoms with Gasteiger partial charge >= 0.3 is 17.7 Å². The fraction of sp³-hybridized carbons (Fsp3) is 0.300. The number of amides is 3. The second-order valence-corrected chi connectivity index (χ2v) is 9.75. The Kier molecular flexibility index (Phi) is 8.34. The van der Waals surface area contributed by atoms with Crippen molar-refractivity contribution in [2.75, 3.05) is 50.1 Å². The Morgan fingerprint density at radius 3 is 2.48 bits per heavy atom. The lowest BCUT2D eigenvalue weighted by Gasteiger charge is -2.22. The van der Waals surface area contributed by atoms with Crippen LogP contribution in [0.4, 0.5) is 16.3 Å². The third-order valence-electron chi connectivity index (χ3n) is 7.21. The lowest BCUT2D eigenvalue weighted by atomic mass is 9.98. The Morgan fingerprint density at radius 2 is 1.76 bits per heavy atom. The number of likely N-dealkylation sites (N-methyl/N-ethyl adjacent to an activating group) is 1. The number of nitrogens with one attached hydrogen (secondary N) is 2. The zero-order valence-electron chi connectivity index (χ0n) is 24.1. The average molecular weight is 571 g/mol. The molecule has 3 heterocycles. The van der Waals surface area contributed by atoms with Crippen LogP contribution in [-0.4, -0.2) is 71.6 Å². The summed E-state index contributed by atoms with van der Waals surface area (Å²) in [6.07, 6.45) is 2.36.